The highest BCUT2D eigenvalue weighted by Crippen LogP contribution is 2.29. The van der Waals surface area contributed by atoms with Crippen LogP contribution >= 0.6 is 0 Å². The fourth-order valence-electron chi connectivity index (χ4n) is 4.30. The van der Waals surface area contributed by atoms with Gasteiger partial charge in [-0.2, -0.15) is 0 Å². The largest absolute Gasteiger partial charge is 0.495 e. The molecule has 1 aliphatic rings. The Labute approximate surface area is 218 Å². The van der Waals surface area contributed by atoms with Gasteiger partial charge in [-0.1, -0.05) is 18.2 Å². The van der Waals surface area contributed by atoms with Crippen molar-refractivity contribution in [2.45, 2.75) is 31.8 Å². The Kier molecular flexibility index (Phi) is 7.92. The van der Waals surface area contributed by atoms with Crippen LogP contribution in [0.1, 0.15) is 29.8 Å². The van der Waals surface area contributed by atoms with Crippen molar-refractivity contribution in [2.75, 3.05) is 42.9 Å². The minimum Gasteiger partial charge on any atom is -0.495 e. The Morgan fingerprint density at radius 2 is 1.62 bits per heavy atom. The average molecular weight is 524 g/mol. The van der Waals surface area contributed by atoms with Gasteiger partial charge in [0.1, 0.15) is 11.5 Å². The maximum Gasteiger partial charge on any atom is 0.261 e. The molecule has 3 aromatic rings. The van der Waals surface area contributed by atoms with Crippen LogP contribution < -0.4 is 19.1 Å². The first-order valence-corrected chi connectivity index (χ1v) is 13.7. The van der Waals surface area contributed by atoms with E-state index in [1.807, 2.05) is 45.0 Å². The van der Waals surface area contributed by atoms with Crippen molar-refractivity contribution in [1.29, 1.82) is 0 Å². The van der Waals surface area contributed by atoms with Gasteiger partial charge < -0.3 is 19.3 Å². The smallest absolute Gasteiger partial charge is 0.261 e. The van der Waals surface area contributed by atoms with Crippen molar-refractivity contribution >= 4 is 27.3 Å². The molecule has 1 saturated heterocycles. The van der Waals surface area contributed by atoms with Crippen LogP contribution in [0.3, 0.4) is 0 Å². The molecular weight excluding hydrogens is 490 g/mol. The molecule has 0 bridgehead atoms. The number of aryl methyl sites for hydroxylation is 1. The zero-order valence-electron chi connectivity index (χ0n) is 21.6. The summed E-state index contributed by atoms with van der Waals surface area (Å²) in [5.41, 5.74) is 2.52. The highest BCUT2D eigenvalue weighted by molar-refractivity contribution is 7.92. The van der Waals surface area contributed by atoms with Crippen LogP contribution in [0.25, 0.3) is 0 Å². The maximum absolute atomic E-state index is 13.4. The predicted octanol–water partition coefficient (Wildman–Crippen LogP) is 4.55. The molecule has 9 heteroatoms. The summed E-state index contributed by atoms with van der Waals surface area (Å²) in [6.07, 6.45) is 0.0233. The van der Waals surface area contributed by atoms with Crippen molar-refractivity contribution < 1.29 is 22.7 Å². The van der Waals surface area contributed by atoms with Gasteiger partial charge in [0.15, 0.2) is 0 Å². The lowest BCUT2D eigenvalue weighted by Gasteiger charge is -2.36. The number of para-hydroxylation sites is 2. The minimum atomic E-state index is -3.89. The lowest BCUT2D eigenvalue weighted by molar-refractivity contribution is 0.0745. The van der Waals surface area contributed by atoms with E-state index in [-0.39, 0.29) is 16.9 Å². The van der Waals surface area contributed by atoms with Crippen LogP contribution in [0.4, 0.5) is 11.4 Å². The van der Waals surface area contributed by atoms with Gasteiger partial charge in [-0.25, -0.2) is 8.42 Å². The molecule has 0 radical (unpaired) electrons. The SMILES string of the molecule is COc1ccccc1N1CCN(C(=O)c2cc(S(=O)(=O)Nc3ccc(OC(C)C)cc3)ccc2C)CC1. The van der Waals surface area contributed by atoms with Gasteiger partial charge in [-0.15, -0.1) is 0 Å². The number of benzene rings is 3. The van der Waals surface area contributed by atoms with E-state index in [1.165, 1.54) is 12.1 Å². The van der Waals surface area contributed by atoms with Gasteiger partial charge in [-0.3, -0.25) is 9.52 Å². The monoisotopic (exact) mass is 523 g/mol. The summed E-state index contributed by atoms with van der Waals surface area (Å²) in [5, 5.41) is 0. The summed E-state index contributed by atoms with van der Waals surface area (Å²) >= 11 is 0. The normalized spacial score (nSPS) is 14.0. The van der Waals surface area contributed by atoms with Crippen LogP contribution in [-0.2, 0) is 10.0 Å². The molecule has 8 nitrogen and oxygen atoms in total. The molecular formula is C28H33N3O5S. The Morgan fingerprint density at radius 3 is 2.27 bits per heavy atom. The molecule has 0 unspecified atom stereocenters. The number of hydrogen-bond acceptors (Lipinski definition) is 6. The van der Waals surface area contributed by atoms with Gasteiger partial charge in [-0.05, 0) is 74.9 Å². The summed E-state index contributed by atoms with van der Waals surface area (Å²) in [5.74, 6) is 1.28. The molecule has 37 heavy (non-hydrogen) atoms. The van der Waals surface area contributed by atoms with Gasteiger partial charge in [0.05, 0.1) is 23.8 Å². The fourth-order valence-corrected chi connectivity index (χ4v) is 5.38. The number of rotatable bonds is 8. The first-order chi connectivity index (χ1) is 17.7. The second-order valence-corrected chi connectivity index (χ2v) is 10.9. The first-order valence-electron chi connectivity index (χ1n) is 12.3. The molecule has 0 aliphatic carbocycles. The molecule has 0 saturated carbocycles. The number of ether oxygens (including phenoxy) is 2. The van der Waals surface area contributed by atoms with Gasteiger partial charge in [0.25, 0.3) is 15.9 Å². The van der Waals surface area contributed by atoms with E-state index in [4.69, 9.17) is 9.47 Å². The standard InChI is InChI=1S/C28H33N3O5S/c1-20(2)36-23-12-10-22(11-13-23)29-37(33,34)24-14-9-21(3)25(19-24)28(32)31-17-15-30(16-18-31)26-7-5-6-8-27(26)35-4/h5-14,19-20,29H,15-18H2,1-4H3. The molecule has 196 valence electrons. The topological polar surface area (TPSA) is 88.2 Å². The number of carbonyl (C=O) groups excluding carboxylic acids is 1. The van der Waals surface area contributed by atoms with Crippen LogP contribution in [0.2, 0.25) is 0 Å². The lowest BCUT2D eigenvalue weighted by atomic mass is 10.1. The first kappa shape index (κ1) is 26.3. The third kappa shape index (κ3) is 6.17. The average Bonchev–Trinajstić information content (AvgIpc) is 2.89. The Morgan fingerprint density at radius 1 is 0.946 bits per heavy atom. The second kappa shape index (κ2) is 11.1. The lowest BCUT2D eigenvalue weighted by Crippen LogP contribution is -2.49. The quantitative estimate of drug-likeness (QED) is 0.466. The highest BCUT2D eigenvalue weighted by Gasteiger charge is 2.26. The molecule has 0 spiro atoms. The zero-order chi connectivity index (χ0) is 26.6. The summed E-state index contributed by atoms with van der Waals surface area (Å²) in [7, 11) is -2.24. The number of sulfonamides is 1. The molecule has 1 fully saturated rings. The molecule has 3 aromatic carbocycles. The van der Waals surface area contributed by atoms with Gasteiger partial charge in [0.2, 0.25) is 0 Å². The van der Waals surface area contributed by atoms with E-state index in [2.05, 4.69) is 9.62 Å². The Bertz CT molecular complexity index is 1350. The minimum absolute atomic E-state index is 0.0233. The second-order valence-electron chi connectivity index (χ2n) is 9.22. The number of nitrogens with zero attached hydrogens (tertiary/aromatic N) is 2. The van der Waals surface area contributed by atoms with Gasteiger partial charge >= 0.3 is 0 Å². The number of nitrogens with one attached hydrogen (secondary N) is 1. The third-order valence-electron chi connectivity index (χ3n) is 6.22. The van der Waals surface area contributed by atoms with Crippen molar-refractivity contribution in [3.63, 3.8) is 0 Å². The van der Waals surface area contributed by atoms with Crippen molar-refractivity contribution in [3.05, 3.63) is 77.9 Å². The maximum atomic E-state index is 13.4. The zero-order valence-corrected chi connectivity index (χ0v) is 22.4. The van der Waals surface area contributed by atoms with Crippen LogP contribution in [0.5, 0.6) is 11.5 Å². The van der Waals surface area contributed by atoms with E-state index >= 15 is 0 Å². The Balaban J connectivity index is 1.46. The molecule has 4 rings (SSSR count). The molecule has 1 N–H and O–H groups in total. The van der Waals surface area contributed by atoms with Crippen molar-refractivity contribution in [2.24, 2.45) is 0 Å². The predicted molar refractivity (Wildman–Crippen MR) is 145 cm³/mol. The number of piperazine rings is 1. The summed E-state index contributed by atoms with van der Waals surface area (Å²) in [6, 6.07) is 19.2. The van der Waals surface area contributed by atoms with Crippen molar-refractivity contribution in [1.82, 2.24) is 4.90 Å². The summed E-state index contributed by atoms with van der Waals surface area (Å²) < 4.78 is 39.9. The summed E-state index contributed by atoms with van der Waals surface area (Å²) in [4.78, 5) is 17.4. The highest BCUT2D eigenvalue weighted by atomic mass is 32.2. The number of carbonyl (C=O) groups is 1. The van der Waals surface area contributed by atoms with Crippen LogP contribution in [0.15, 0.2) is 71.6 Å². The van der Waals surface area contributed by atoms with E-state index < -0.39 is 10.0 Å². The third-order valence-corrected chi connectivity index (χ3v) is 7.60. The molecule has 1 heterocycles. The molecule has 0 aromatic heterocycles. The molecule has 1 amide bonds. The van der Waals surface area contributed by atoms with Crippen LogP contribution in [-0.4, -0.2) is 58.6 Å². The van der Waals surface area contributed by atoms with E-state index in [0.717, 1.165) is 17.0 Å². The number of hydrogen-bond donors (Lipinski definition) is 1. The summed E-state index contributed by atoms with van der Waals surface area (Å²) in [6.45, 7) is 8.02. The number of anilines is 2. The number of amides is 1. The Hall–Kier alpha value is -3.72. The molecule has 1 aliphatic heterocycles. The van der Waals surface area contributed by atoms with Crippen LogP contribution in [0, 0.1) is 6.92 Å². The number of methoxy groups -OCH3 is 1. The van der Waals surface area contributed by atoms with E-state index in [0.29, 0.717) is 43.2 Å². The van der Waals surface area contributed by atoms with E-state index in [1.54, 1.807) is 42.3 Å². The van der Waals surface area contributed by atoms with Crippen molar-refractivity contribution in [3.8, 4) is 11.5 Å². The van der Waals surface area contributed by atoms with E-state index in [9.17, 15) is 13.2 Å². The fraction of sp³-hybridized carbons (Fsp3) is 0.321. The molecule has 0 atom stereocenters. The van der Waals surface area contributed by atoms with Gasteiger partial charge in [0, 0.05) is 37.4 Å².